The zero-order valence-electron chi connectivity index (χ0n) is 35.8. The number of aliphatic imine (C=N–C) groups is 1. The van der Waals surface area contributed by atoms with Gasteiger partial charge in [-0.15, -0.1) is 0 Å². The van der Waals surface area contributed by atoms with E-state index in [1.54, 1.807) is 25.0 Å². The van der Waals surface area contributed by atoms with Crippen LogP contribution in [-0.4, -0.2) is 94.3 Å². The Kier molecular flexibility index (Phi) is 13.7. The molecule has 1 N–H and O–H groups in total. The van der Waals surface area contributed by atoms with Crippen molar-refractivity contribution in [2.45, 2.75) is 89.7 Å². The van der Waals surface area contributed by atoms with Crippen molar-refractivity contribution in [3.8, 4) is 17.6 Å². The Labute approximate surface area is 357 Å². The van der Waals surface area contributed by atoms with E-state index in [1.165, 1.54) is 6.33 Å². The van der Waals surface area contributed by atoms with Gasteiger partial charge in [-0.25, -0.2) is 14.6 Å². The molecular weight excluding hydrogens is 798 g/mol. The summed E-state index contributed by atoms with van der Waals surface area (Å²) in [5, 5.41) is 9.47. The molecule has 2 aliphatic rings. The topological polar surface area (TPSA) is 168 Å². The molecule has 0 spiro atoms. The van der Waals surface area contributed by atoms with E-state index < -0.39 is 43.7 Å². The van der Waals surface area contributed by atoms with E-state index >= 15 is 0 Å². The molecule has 0 amide bonds. The van der Waals surface area contributed by atoms with Gasteiger partial charge < -0.3 is 32.7 Å². The van der Waals surface area contributed by atoms with E-state index in [1.807, 2.05) is 92.7 Å². The van der Waals surface area contributed by atoms with Gasteiger partial charge in [-0.05, 0) is 74.6 Å². The highest BCUT2D eigenvalue weighted by atomic mass is 31.2. The third-order valence-electron chi connectivity index (χ3n) is 10.7. The Bertz CT molecular complexity index is 2310. The molecule has 0 radical (unpaired) electrons. The number of methoxy groups -OCH3 is 2. The van der Waals surface area contributed by atoms with Crippen molar-refractivity contribution in [1.29, 1.82) is 5.26 Å². The van der Waals surface area contributed by atoms with Gasteiger partial charge in [-0.1, -0.05) is 68.4 Å². The van der Waals surface area contributed by atoms with E-state index in [0.717, 1.165) is 16.7 Å². The molecule has 322 valence electrons. The standard InChI is InChI=1S/C45H54N7O8P/c1-29(2)25-47-43-49-40-37(41(53)50-43)51(28-48-40)42-38-39(60-61(58-24-12-23-46)52(30(3)4)31(5)6)44(59-42,26-56-38)27-57-45(32-13-10-9-11-14-32,33-15-19-35(54-7)20-16-33)34-17-21-36(55-8)22-18-34/h9-11,13-22,25,28-31,38-39,42H,12,24,26-27H2,1-8H3,(H,49,50,53)/b47-25+/t38-,39+,42-,44-,61?/m1/s1. The number of ether oxygens (including phenoxy) is 5. The lowest BCUT2D eigenvalue weighted by atomic mass is 9.79. The number of aromatic nitrogens is 4. The summed E-state index contributed by atoms with van der Waals surface area (Å²) in [4.78, 5) is 30.0. The predicted molar refractivity (Wildman–Crippen MR) is 232 cm³/mol. The van der Waals surface area contributed by atoms with Crippen LogP contribution in [0.25, 0.3) is 11.2 Å². The second-order valence-corrected chi connectivity index (χ2v) is 17.4. The van der Waals surface area contributed by atoms with E-state index in [2.05, 4.69) is 58.4 Å². The van der Waals surface area contributed by atoms with Crippen molar-refractivity contribution in [2.24, 2.45) is 10.9 Å². The number of rotatable bonds is 19. The summed E-state index contributed by atoms with van der Waals surface area (Å²) in [6, 6.07) is 27.9. The van der Waals surface area contributed by atoms with E-state index in [0.29, 0.717) is 11.5 Å². The van der Waals surface area contributed by atoms with Crippen LogP contribution in [0.2, 0.25) is 0 Å². The first-order chi connectivity index (χ1) is 29.4. The second kappa shape index (κ2) is 18.9. The number of nitrogens with zero attached hydrogens (tertiary/aromatic N) is 6. The van der Waals surface area contributed by atoms with Crippen LogP contribution in [0.3, 0.4) is 0 Å². The summed E-state index contributed by atoms with van der Waals surface area (Å²) >= 11 is 0. The van der Waals surface area contributed by atoms with Crippen molar-refractivity contribution < 1.29 is 32.7 Å². The first-order valence-electron chi connectivity index (χ1n) is 20.5. The smallest absolute Gasteiger partial charge is 0.278 e. The Morgan fingerprint density at radius 1 is 0.984 bits per heavy atom. The molecule has 61 heavy (non-hydrogen) atoms. The molecule has 2 aliphatic heterocycles. The maximum atomic E-state index is 13.8. The number of imidazole rings is 1. The zero-order chi connectivity index (χ0) is 43.3. The minimum absolute atomic E-state index is 0.0301. The van der Waals surface area contributed by atoms with Gasteiger partial charge in [0, 0.05) is 18.3 Å². The molecule has 7 rings (SSSR count). The van der Waals surface area contributed by atoms with Gasteiger partial charge in [0.2, 0.25) is 5.95 Å². The number of hydrogen-bond acceptors (Lipinski definition) is 13. The highest BCUT2D eigenvalue weighted by Gasteiger charge is 2.65. The van der Waals surface area contributed by atoms with Crippen molar-refractivity contribution in [2.75, 3.05) is 34.0 Å². The highest BCUT2D eigenvalue weighted by Crippen LogP contribution is 2.56. The quantitative estimate of drug-likeness (QED) is 0.0371. The normalized spacial score (nSPS) is 20.7. The van der Waals surface area contributed by atoms with Gasteiger partial charge in [0.15, 0.2) is 17.4 Å². The molecule has 3 aromatic carbocycles. The second-order valence-electron chi connectivity index (χ2n) is 16.0. The molecule has 0 saturated carbocycles. The molecule has 15 nitrogen and oxygen atoms in total. The fourth-order valence-electron chi connectivity index (χ4n) is 7.99. The van der Waals surface area contributed by atoms with Gasteiger partial charge in [0.1, 0.15) is 41.2 Å². The lowest BCUT2D eigenvalue weighted by Gasteiger charge is -2.41. The number of aromatic amines is 1. The van der Waals surface area contributed by atoms with Crippen LogP contribution >= 0.6 is 8.53 Å². The van der Waals surface area contributed by atoms with Gasteiger partial charge in [0.05, 0.1) is 46.5 Å². The van der Waals surface area contributed by atoms with Crippen molar-refractivity contribution >= 4 is 31.9 Å². The molecule has 4 heterocycles. The van der Waals surface area contributed by atoms with Crippen LogP contribution in [0.15, 0.2) is 95.0 Å². The molecular formula is C45H54N7O8P. The number of benzene rings is 3. The molecule has 1 unspecified atom stereocenters. The maximum Gasteiger partial charge on any atom is 0.278 e. The number of fused-ring (bicyclic) bond motifs is 3. The van der Waals surface area contributed by atoms with Crippen molar-refractivity contribution in [1.82, 2.24) is 24.2 Å². The molecule has 2 bridgehead atoms. The summed E-state index contributed by atoms with van der Waals surface area (Å²) in [7, 11) is 1.50. The Hall–Kier alpha value is -5.04. The van der Waals surface area contributed by atoms with Crippen LogP contribution in [0.5, 0.6) is 11.5 Å². The van der Waals surface area contributed by atoms with E-state index in [-0.39, 0.29) is 61.4 Å². The Morgan fingerprint density at radius 2 is 1.61 bits per heavy atom. The van der Waals surface area contributed by atoms with Gasteiger partial charge in [-0.3, -0.25) is 14.3 Å². The van der Waals surface area contributed by atoms with Crippen LogP contribution < -0.4 is 15.0 Å². The Morgan fingerprint density at radius 3 is 2.18 bits per heavy atom. The Balaban J connectivity index is 1.36. The highest BCUT2D eigenvalue weighted by molar-refractivity contribution is 7.44. The maximum absolute atomic E-state index is 13.8. The molecule has 16 heteroatoms. The average molecular weight is 852 g/mol. The van der Waals surface area contributed by atoms with Crippen LogP contribution in [-0.2, 0) is 28.9 Å². The monoisotopic (exact) mass is 851 g/mol. The largest absolute Gasteiger partial charge is 0.497 e. The van der Waals surface area contributed by atoms with E-state index in [4.69, 9.17) is 32.7 Å². The molecule has 2 aromatic heterocycles. The van der Waals surface area contributed by atoms with Gasteiger partial charge in [0.25, 0.3) is 14.1 Å². The molecule has 5 aromatic rings. The van der Waals surface area contributed by atoms with Crippen LogP contribution in [0.1, 0.15) is 70.9 Å². The van der Waals surface area contributed by atoms with Crippen molar-refractivity contribution in [3.63, 3.8) is 0 Å². The van der Waals surface area contributed by atoms with Crippen molar-refractivity contribution in [3.05, 3.63) is 112 Å². The molecule has 2 fully saturated rings. The van der Waals surface area contributed by atoms with Gasteiger partial charge >= 0.3 is 0 Å². The van der Waals surface area contributed by atoms with Gasteiger partial charge in [-0.2, -0.15) is 10.2 Å². The van der Waals surface area contributed by atoms with Crippen LogP contribution in [0, 0.1) is 17.2 Å². The van der Waals surface area contributed by atoms with Crippen LogP contribution in [0.4, 0.5) is 5.95 Å². The number of H-pyrrole nitrogens is 1. The number of hydrogen-bond donors (Lipinski definition) is 1. The average Bonchev–Trinajstić information content (AvgIpc) is 3.93. The minimum Gasteiger partial charge on any atom is -0.497 e. The fraction of sp³-hybridized carbons (Fsp3) is 0.444. The summed E-state index contributed by atoms with van der Waals surface area (Å²) in [5.74, 6) is 1.70. The number of nitriles is 1. The summed E-state index contributed by atoms with van der Waals surface area (Å²) < 4.78 is 49.9. The predicted octanol–water partition coefficient (Wildman–Crippen LogP) is 7.83. The van der Waals surface area contributed by atoms with E-state index in [9.17, 15) is 10.1 Å². The first kappa shape index (κ1) is 44.0. The lowest BCUT2D eigenvalue weighted by molar-refractivity contribution is -0.201. The zero-order valence-corrected chi connectivity index (χ0v) is 36.7. The third-order valence-corrected chi connectivity index (χ3v) is 12.9. The first-order valence-corrected chi connectivity index (χ1v) is 21.6. The molecule has 5 atom stereocenters. The lowest BCUT2D eigenvalue weighted by Crippen LogP contribution is -2.49. The third kappa shape index (κ3) is 8.85. The molecule has 0 aliphatic carbocycles. The summed E-state index contributed by atoms with van der Waals surface area (Å²) in [6.07, 6.45) is 1.04. The molecule has 2 saturated heterocycles. The summed E-state index contributed by atoms with van der Waals surface area (Å²) in [6.45, 7) is 12.5. The number of nitrogens with one attached hydrogen (secondary N) is 1. The fourth-order valence-corrected chi connectivity index (χ4v) is 9.80. The summed E-state index contributed by atoms with van der Waals surface area (Å²) in [5.41, 5.74) is 0.0945. The SMILES string of the molecule is COc1ccc(C(OC[C@@]23CO[C@@H]([C@H](n4cnc5nc(/N=C/C(C)C)[nH]c(=O)c54)O2)[C@@H]3OP(OCCC#N)N(C(C)C)C(C)C)(c2ccccc2)c2ccc(OC)cc2)cc1. The minimum atomic E-state index is -1.77.